The van der Waals surface area contributed by atoms with E-state index in [4.69, 9.17) is 9.97 Å². The van der Waals surface area contributed by atoms with Gasteiger partial charge in [-0.3, -0.25) is 4.57 Å². The molecule has 0 bridgehead atoms. The fourth-order valence-electron chi connectivity index (χ4n) is 9.60. The molecule has 0 aliphatic heterocycles. The molecule has 2 aromatic heterocycles. The van der Waals surface area contributed by atoms with Crippen molar-refractivity contribution >= 4 is 11.0 Å². The zero-order valence-electron chi connectivity index (χ0n) is 35.3. The van der Waals surface area contributed by atoms with E-state index in [1.54, 1.807) is 6.07 Å². The van der Waals surface area contributed by atoms with Crippen LogP contribution in [0.1, 0.15) is 44.5 Å². The van der Waals surface area contributed by atoms with Crippen LogP contribution < -0.4 is 0 Å². The second-order valence-electron chi connectivity index (χ2n) is 16.7. The summed E-state index contributed by atoms with van der Waals surface area (Å²) in [5.41, 5.74) is 23.8. The molecule has 7 aromatic carbocycles. The zero-order chi connectivity index (χ0) is 41.2. The SMILES string of the molecule is Cc1cc(C)cc(-c2cccc(-c3cc(C)cc(C)c3)c2-c2[c-]c(-c3cccc4c3nc(-c3ccc5c(n3)-c3c(O)cccc3CC5)n4-c3c(C)cccc3C)ccc2)c1.[Pt]. The smallest absolute Gasteiger partial charge is 0.163 e. The molecule has 1 aliphatic carbocycles. The van der Waals surface area contributed by atoms with E-state index in [0.29, 0.717) is 0 Å². The van der Waals surface area contributed by atoms with Gasteiger partial charge in [-0.2, -0.15) is 0 Å². The summed E-state index contributed by atoms with van der Waals surface area (Å²) in [5, 5.41) is 11.1. The van der Waals surface area contributed by atoms with Crippen molar-refractivity contribution in [2.75, 3.05) is 0 Å². The number of aromatic nitrogens is 3. The second kappa shape index (κ2) is 15.9. The van der Waals surface area contributed by atoms with Crippen LogP contribution in [0.3, 0.4) is 0 Å². The third-order valence-electron chi connectivity index (χ3n) is 12.1. The van der Waals surface area contributed by atoms with Crippen LogP contribution in [0.15, 0.2) is 140 Å². The van der Waals surface area contributed by atoms with Crippen molar-refractivity contribution in [3.05, 3.63) is 190 Å². The van der Waals surface area contributed by atoms with Crippen molar-refractivity contribution in [2.24, 2.45) is 0 Å². The molecule has 9 aromatic rings. The number of nitrogens with zero attached hydrogens (tertiary/aromatic N) is 3. The molecular weight excluding hydrogens is 926 g/mol. The predicted molar refractivity (Wildman–Crippen MR) is 248 cm³/mol. The summed E-state index contributed by atoms with van der Waals surface area (Å²) in [6.45, 7) is 13.0. The Morgan fingerprint density at radius 3 is 1.75 bits per heavy atom. The van der Waals surface area contributed by atoms with Crippen LogP contribution in [0, 0.1) is 47.6 Å². The number of aromatic hydroxyl groups is 1. The minimum absolute atomic E-state index is 0. The summed E-state index contributed by atoms with van der Waals surface area (Å²) in [6, 6.07) is 53.7. The zero-order valence-corrected chi connectivity index (χ0v) is 37.6. The number of fused-ring (bicyclic) bond motifs is 4. The van der Waals surface area contributed by atoms with E-state index in [1.807, 2.05) is 6.07 Å². The van der Waals surface area contributed by atoms with E-state index < -0.39 is 0 Å². The minimum Gasteiger partial charge on any atom is -0.507 e. The van der Waals surface area contributed by atoms with Crippen LogP contribution in [-0.4, -0.2) is 19.6 Å². The van der Waals surface area contributed by atoms with Gasteiger partial charge in [0.25, 0.3) is 0 Å². The fraction of sp³-hybridized carbons (Fsp3) is 0.143. The quantitative estimate of drug-likeness (QED) is 0.169. The Labute approximate surface area is 372 Å². The van der Waals surface area contributed by atoms with E-state index in [2.05, 4.69) is 180 Å². The van der Waals surface area contributed by atoms with E-state index in [-0.39, 0.29) is 26.8 Å². The predicted octanol–water partition coefficient (Wildman–Crippen LogP) is 13.9. The summed E-state index contributed by atoms with van der Waals surface area (Å²) in [6.07, 6.45) is 1.75. The van der Waals surface area contributed by atoms with Crippen molar-refractivity contribution in [3.8, 4) is 78.7 Å². The van der Waals surface area contributed by atoms with Crippen LogP contribution in [0.4, 0.5) is 0 Å². The molecule has 0 radical (unpaired) electrons. The monoisotopic (exact) mass is 971 g/mol. The van der Waals surface area contributed by atoms with Crippen molar-refractivity contribution in [2.45, 2.75) is 54.4 Å². The van der Waals surface area contributed by atoms with E-state index >= 15 is 0 Å². The van der Waals surface area contributed by atoms with E-state index in [9.17, 15) is 5.11 Å². The summed E-state index contributed by atoms with van der Waals surface area (Å²) < 4.78 is 2.28. The first-order valence-corrected chi connectivity index (χ1v) is 20.8. The largest absolute Gasteiger partial charge is 0.507 e. The first-order chi connectivity index (χ1) is 29.1. The number of rotatable bonds is 6. The molecule has 1 N–H and O–H groups in total. The summed E-state index contributed by atoms with van der Waals surface area (Å²) in [7, 11) is 0. The number of phenols is 1. The molecular formula is C56H46N3OPt-. The molecule has 2 heterocycles. The van der Waals surface area contributed by atoms with Crippen LogP contribution in [-0.2, 0) is 33.9 Å². The van der Waals surface area contributed by atoms with Gasteiger partial charge >= 0.3 is 0 Å². The van der Waals surface area contributed by atoms with Gasteiger partial charge in [-0.25, -0.2) is 9.97 Å². The summed E-state index contributed by atoms with van der Waals surface area (Å²) in [5.74, 6) is 1.02. The van der Waals surface area contributed by atoms with Gasteiger partial charge in [-0.1, -0.05) is 137 Å². The van der Waals surface area contributed by atoms with Crippen molar-refractivity contribution < 1.29 is 26.2 Å². The van der Waals surface area contributed by atoms with Gasteiger partial charge in [0.15, 0.2) is 5.82 Å². The Kier molecular flexibility index (Phi) is 10.5. The van der Waals surface area contributed by atoms with Crippen molar-refractivity contribution in [1.82, 2.24) is 14.5 Å². The Hall–Kier alpha value is -6.35. The molecule has 61 heavy (non-hydrogen) atoms. The average molecular weight is 972 g/mol. The van der Waals surface area contributed by atoms with E-state index in [0.717, 1.165) is 96.8 Å². The number of hydrogen-bond acceptors (Lipinski definition) is 3. The third-order valence-corrected chi connectivity index (χ3v) is 12.1. The Bertz CT molecular complexity index is 3060. The van der Waals surface area contributed by atoms with Gasteiger partial charge in [-0.15, -0.1) is 35.4 Å². The van der Waals surface area contributed by atoms with Gasteiger partial charge in [0, 0.05) is 26.6 Å². The molecule has 10 rings (SSSR count). The summed E-state index contributed by atoms with van der Waals surface area (Å²) >= 11 is 0. The molecule has 1 aliphatic rings. The Morgan fingerprint density at radius 1 is 0.525 bits per heavy atom. The number of hydrogen-bond donors (Lipinski definition) is 1. The van der Waals surface area contributed by atoms with Crippen LogP contribution in [0.5, 0.6) is 5.75 Å². The maximum atomic E-state index is 11.1. The number of benzene rings is 7. The molecule has 0 unspecified atom stereocenters. The molecule has 0 spiro atoms. The van der Waals surface area contributed by atoms with Gasteiger partial charge in [-0.05, 0) is 117 Å². The van der Waals surface area contributed by atoms with Gasteiger partial charge in [0.1, 0.15) is 11.4 Å². The van der Waals surface area contributed by atoms with Crippen LogP contribution in [0.2, 0.25) is 0 Å². The number of aryl methyl sites for hydroxylation is 8. The first-order valence-electron chi connectivity index (χ1n) is 20.8. The maximum absolute atomic E-state index is 11.1. The molecule has 0 amide bonds. The number of para-hydroxylation sites is 2. The van der Waals surface area contributed by atoms with Crippen molar-refractivity contribution in [3.63, 3.8) is 0 Å². The van der Waals surface area contributed by atoms with E-state index in [1.165, 1.54) is 44.5 Å². The average Bonchev–Trinajstić information content (AvgIpc) is 3.62. The number of phenolic OH excluding ortho intramolecular Hbond substituents is 1. The topological polar surface area (TPSA) is 50.9 Å². The van der Waals surface area contributed by atoms with Gasteiger partial charge < -0.3 is 5.11 Å². The molecule has 0 saturated heterocycles. The summed E-state index contributed by atoms with van der Waals surface area (Å²) in [4.78, 5) is 10.9. The third kappa shape index (κ3) is 7.13. The Morgan fingerprint density at radius 2 is 1.08 bits per heavy atom. The molecule has 5 heteroatoms. The van der Waals surface area contributed by atoms with Gasteiger partial charge in [0.2, 0.25) is 0 Å². The standard InChI is InChI=1S/C56H46N3O.Pt/c1-33-26-34(2)29-43(28-33)45-17-10-18-46(44-30-35(3)27-36(4)31-44)51(45)42-16-8-15-41(32-42)47-19-11-20-49-54(47)58-56(59(49)55-37(5)12-7-13-38(55)6)48-25-24-40-23-22-39-14-9-21-50(60)52(39)53(40)57-48;/h7-21,24-31,60H,22-23H2,1-6H3;/q-1;. The molecule has 302 valence electrons. The number of imidazole rings is 1. The normalized spacial score (nSPS) is 11.9. The Balaban J connectivity index is 0.00000476. The van der Waals surface area contributed by atoms with Crippen LogP contribution in [0.25, 0.3) is 84.0 Å². The maximum Gasteiger partial charge on any atom is 0.163 e. The van der Waals surface area contributed by atoms with Gasteiger partial charge in [0.05, 0.1) is 22.4 Å². The minimum atomic E-state index is 0. The number of pyridine rings is 1. The molecule has 0 fully saturated rings. The molecule has 4 nitrogen and oxygen atoms in total. The molecule has 0 atom stereocenters. The van der Waals surface area contributed by atoms with Crippen LogP contribution >= 0.6 is 0 Å². The first kappa shape index (κ1) is 40.1. The fourth-order valence-corrected chi connectivity index (χ4v) is 9.60. The second-order valence-corrected chi connectivity index (χ2v) is 16.7. The van der Waals surface area contributed by atoms with Crippen molar-refractivity contribution in [1.29, 1.82) is 0 Å². The molecule has 0 saturated carbocycles.